The summed E-state index contributed by atoms with van der Waals surface area (Å²) in [6.45, 7) is 7.77. The SMILES string of the molecule is CCC(CC)(C(N)=S)N1C(=O)C2C(C1=O)C2(C)C. The summed E-state index contributed by atoms with van der Waals surface area (Å²) >= 11 is 5.11. The largest absolute Gasteiger partial charge is 0.391 e. The first-order valence-corrected chi connectivity index (χ1v) is 6.84. The van der Waals surface area contributed by atoms with Crippen molar-refractivity contribution in [1.29, 1.82) is 0 Å². The Balaban J connectivity index is 2.39. The van der Waals surface area contributed by atoms with Gasteiger partial charge in [0.2, 0.25) is 11.8 Å². The summed E-state index contributed by atoms with van der Waals surface area (Å²) in [4.78, 5) is 26.5. The molecule has 2 unspecified atom stereocenters. The van der Waals surface area contributed by atoms with Gasteiger partial charge in [-0.15, -0.1) is 0 Å². The quantitative estimate of drug-likeness (QED) is 0.619. The van der Waals surface area contributed by atoms with E-state index in [1.165, 1.54) is 4.90 Å². The van der Waals surface area contributed by atoms with E-state index in [-0.39, 0.29) is 34.1 Å². The summed E-state index contributed by atoms with van der Waals surface area (Å²) in [6.07, 6.45) is 1.16. The first-order valence-electron chi connectivity index (χ1n) is 6.43. The summed E-state index contributed by atoms with van der Waals surface area (Å²) in [7, 11) is 0. The average Bonchev–Trinajstić information content (AvgIpc) is 2.75. The fraction of sp³-hybridized carbons (Fsp3) is 0.769. The predicted molar refractivity (Wildman–Crippen MR) is 72.7 cm³/mol. The molecule has 1 aliphatic heterocycles. The predicted octanol–water partition coefficient (Wildman–Crippen LogP) is 1.47. The Morgan fingerprint density at radius 3 is 1.94 bits per heavy atom. The lowest BCUT2D eigenvalue weighted by molar-refractivity contribution is -0.148. The van der Waals surface area contributed by atoms with Crippen LogP contribution in [0, 0.1) is 17.3 Å². The van der Waals surface area contributed by atoms with Crippen molar-refractivity contribution in [3.8, 4) is 0 Å². The van der Waals surface area contributed by atoms with Gasteiger partial charge in [0.1, 0.15) is 0 Å². The Morgan fingerprint density at radius 2 is 1.67 bits per heavy atom. The molecule has 1 aliphatic carbocycles. The van der Waals surface area contributed by atoms with E-state index in [0.717, 1.165) is 0 Å². The number of nitrogens with two attached hydrogens (primary N) is 1. The van der Waals surface area contributed by atoms with E-state index < -0.39 is 5.54 Å². The maximum Gasteiger partial charge on any atom is 0.234 e. The molecule has 4 nitrogen and oxygen atoms in total. The van der Waals surface area contributed by atoms with Gasteiger partial charge in [0.15, 0.2) is 0 Å². The molecule has 1 heterocycles. The van der Waals surface area contributed by atoms with Crippen LogP contribution in [0.2, 0.25) is 0 Å². The van der Waals surface area contributed by atoms with Gasteiger partial charge < -0.3 is 5.73 Å². The Bertz CT molecular complexity index is 416. The average molecular weight is 268 g/mol. The number of hydrogen-bond acceptors (Lipinski definition) is 3. The van der Waals surface area contributed by atoms with Crippen LogP contribution in [0.1, 0.15) is 40.5 Å². The monoisotopic (exact) mass is 268 g/mol. The molecule has 2 rings (SSSR count). The maximum atomic E-state index is 12.4. The summed E-state index contributed by atoms with van der Waals surface area (Å²) in [5, 5.41) is 0. The van der Waals surface area contributed by atoms with Crippen LogP contribution in [-0.4, -0.2) is 27.2 Å². The number of fused-ring (bicyclic) bond motifs is 1. The lowest BCUT2D eigenvalue weighted by Crippen LogP contribution is -2.60. The molecular formula is C13H20N2O2S. The van der Waals surface area contributed by atoms with Crippen LogP contribution in [0.3, 0.4) is 0 Å². The number of likely N-dealkylation sites (tertiary alicyclic amines) is 1. The van der Waals surface area contributed by atoms with Crippen molar-refractivity contribution in [3.05, 3.63) is 0 Å². The third kappa shape index (κ3) is 1.34. The second-order valence-electron chi connectivity index (χ2n) is 5.89. The van der Waals surface area contributed by atoms with Crippen molar-refractivity contribution in [1.82, 2.24) is 4.90 Å². The van der Waals surface area contributed by atoms with E-state index in [1.807, 2.05) is 27.7 Å². The minimum Gasteiger partial charge on any atom is -0.391 e. The number of piperidine rings is 1. The van der Waals surface area contributed by atoms with Crippen molar-refractivity contribution in [2.75, 3.05) is 0 Å². The second-order valence-corrected chi connectivity index (χ2v) is 6.33. The summed E-state index contributed by atoms with van der Waals surface area (Å²) in [6, 6.07) is 0. The molecule has 5 heteroatoms. The van der Waals surface area contributed by atoms with E-state index in [4.69, 9.17) is 18.0 Å². The zero-order valence-corrected chi connectivity index (χ0v) is 12.1. The highest BCUT2D eigenvalue weighted by Crippen LogP contribution is 2.64. The number of carbonyl (C=O) groups is 2. The molecule has 2 atom stereocenters. The number of thiocarbonyl (C=S) groups is 1. The van der Waals surface area contributed by atoms with Gasteiger partial charge in [-0.2, -0.15) is 0 Å². The Morgan fingerprint density at radius 1 is 1.28 bits per heavy atom. The maximum absolute atomic E-state index is 12.4. The molecule has 1 saturated heterocycles. The topological polar surface area (TPSA) is 63.4 Å². The fourth-order valence-electron chi connectivity index (χ4n) is 3.39. The Kier molecular flexibility index (Phi) is 2.81. The van der Waals surface area contributed by atoms with Crippen LogP contribution in [0.4, 0.5) is 0 Å². The lowest BCUT2D eigenvalue weighted by Gasteiger charge is -2.40. The number of hydrogen-bond donors (Lipinski definition) is 1. The zero-order valence-electron chi connectivity index (χ0n) is 11.3. The van der Waals surface area contributed by atoms with Crippen LogP contribution in [0.5, 0.6) is 0 Å². The highest BCUT2D eigenvalue weighted by atomic mass is 32.1. The minimum atomic E-state index is -0.771. The minimum absolute atomic E-state index is 0.0912. The summed E-state index contributed by atoms with van der Waals surface area (Å²) < 4.78 is 0. The third-order valence-corrected chi connectivity index (χ3v) is 5.24. The van der Waals surface area contributed by atoms with Gasteiger partial charge in [0, 0.05) is 0 Å². The van der Waals surface area contributed by atoms with E-state index in [0.29, 0.717) is 12.8 Å². The number of rotatable bonds is 4. The van der Waals surface area contributed by atoms with Crippen molar-refractivity contribution >= 4 is 29.0 Å². The van der Waals surface area contributed by atoms with E-state index in [1.54, 1.807) is 0 Å². The molecule has 18 heavy (non-hydrogen) atoms. The normalized spacial score (nSPS) is 29.4. The van der Waals surface area contributed by atoms with Crippen LogP contribution in [-0.2, 0) is 9.59 Å². The fourth-order valence-corrected chi connectivity index (χ4v) is 3.77. The Labute approximate surface area is 113 Å². The molecule has 0 bridgehead atoms. The number of nitrogens with zero attached hydrogens (tertiary/aromatic N) is 1. The van der Waals surface area contributed by atoms with Gasteiger partial charge in [0.05, 0.1) is 22.4 Å². The number of amides is 2. The molecule has 2 fully saturated rings. The van der Waals surface area contributed by atoms with Gasteiger partial charge in [-0.1, -0.05) is 39.9 Å². The second kappa shape index (κ2) is 3.76. The molecule has 0 spiro atoms. The smallest absolute Gasteiger partial charge is 0.234 e. The van der Waals surface area contributed by atoms with Crippen molar-refractivity contribution in [2.45, 2.75) is 46.1 Å². The first kappa shape index (κ1) is 13.5. The highest BCUT2D eigenvalue weighted by molar-refractivity contribution is 7.80. The Hall–Kier alpha value is -0.970. The zero-order chi connectivity index (χ0) is 13.9. The lowest BCUT2D eigenvalue weighted by atomic mass is 9.89. The van der Waals surface area contributed by atoms with Crippen LogP contribution >= 0.6 is 12.2 Å². The molecule has 0 aromatic heterocycles. The van der Waals surface area contributed by atoms with E-state index in [9.17, 15) is 9.59 Å². The highest BCUT2D eigenvalue weighted by Gasteiger charge is 2.74. The molecule has 100 valence electrons. The summed E-state index contributed by atoms with van der Waals surface area (Å²) in [5.74, 6) is -0.522. The molecule has 0 radical (unpaired) electrons. The molecule has 0 aromatic carbocycles. The van der Waals surface area contributed by atoms with Crippen LogP contribution in [0.25, 0.3) is 0 Å². The van der Waals surface area contributed by atoms with E-state index >= 15 is 0 Å². The van der Waals surface area contributed by atoms with Gasteiger partial charge in [-0.25, -0.2) is 0 Å². The molecule has 2 N–H and O–H groups in total. The standard InChI is InChI=1S/C13H20N2O2S/c1-5-13(6-2,11(14)18)15-9(16)7-8(10(15)17)12(7,3)4/h7-8H,5-6H2,1-4H3,(H2,14,18). The van der Waals surface area contributed by atoms with Gasteiger partial charge >= 0.3 is 0 Å². The van der Waals surface area contributed by atoms with Crippen LogP contribution in [0.15, 0.2) is 0 Å². The summed E-state index contributed by atoms with van der Waals surface area (Å²) in [5.41, 5.74) is 4.85. The van der Waals surface area contributed by atoms with Crippen LogP contribution < -0.4 is 5.73 Å². The molecule has 2 amide bonds. The van der Waals surface area contributed by atoms with Crippen molar-refractivity contribution in [2.24, 2.45) is 23.0 Å². The molecule has 1 saturated carbocycles. The third-order valence-electron chi connectivity index (χ3n) is 4.86. The van der Waals surface area contributed by atoms with Crippen molar-refractivity contribution < 1.29 is 9.59 Å². The van der Waals surface area contributed by atoms with Gasteiger partial charge in [-0.05, 0) is 18.3 Å². The number of carbonyl (C=O) groups excluding carboxylic acids is 2. The molecule has 0 aromatic rings. The first-order chi connectivity index (χ1) is 8.25. The van der Waals surface area contributed by atoms with Gasteiger partial charge in [-0.3, -0.25) is 14.5 Å². The number of imide groups is 1. The molecule has 2 aliphatic rings. The van der Waals surface area contributed by atoms with E-state index in [2.05, 4.69) is 0 Å². The van der Waals surface area contributed by atoms with Crippen molar-refractivity contribution in [3.63, 3.8) is 0 Å². The van der Waals surface area contributed by atoms with Gasteiger partial charge in [0.25, 0.3) is 0 Å². The molecular weight excluding hydrogens is 248 g/mol.